The van der Waals surface area contributed by atoms with Crippen LogP contribution in [0.15, 0.2) is 23.1 Å². The molecule has 0 radical (unpaired) electrons. The first kappa shape index (κ1) is 13.5. The number of hydrogen-bond acceptors (Lipinski definition) is 3. The molecule has 100 valence electrons. The molecule has 18 heavy (non-hydrogen) atoms. The fraction of sp³-hybridized carbons (Fsp3) is 0.538. The molecule has 1 aromatic carbocycles. The lowest BCUT2D eigenvalue weighted by Crippen LogP contribution is -2.37. The van der Waals surface area contributed by atoms with E-state index in [-0.39, 0.29) is 6.04 Å². The molecule has 1 aromatic rings. The average Bonchev–Trinajstić information content (AvgIpc) is 2.83. The summed E-state index contributed by atoms with van der Waals surface area (Å²) in [6.07, 6.45) is 3.19. The largest absolute Gasteiger partial charge is 0.316 e. The highest BCUT2D eigenvalue weighted by molar-refractivity contribution is 7.89. The van der Waals surface area contributed by atoms with Crippen LogP contribution < -0.4 is 10.0 Å². The van der Waals surface area contributed by atoms with Crippen LogP contribution in [-0.2, 0) is 22.9 Å². The maximum atomic E-state index is 12.1. The minimum absolute atomic E-state index is 0.120. The van der Waals surface area contributed by atoms with E-state index >= 15 is 0 Å². The second kappa shape index (κ2) is 5.38. The molecule has 0 bridgehead atoms. The van der Waals surface area contributed by atoms with E-state index in [0.29, 0.717) is 11.4 Å². The molecule has 2 rings (SSSR count). The van der Waals surface area contributed by atoms with Gasteiger partial charge >= 0.3 is 0 Å². The fourth-order valence-electron chi connectivity index (χ4n) is 2.14. The second-order valence-electron chi connectivity index (χ2n) is 4.83. The molecule has 0 amide bonds. The zero-order chi connectivity index (χ0) is 13.2. The summed E-state index contributed by atoms with van der Waals surface area (Å²) >= 11 is 0. The molecule has 4 nitrogen and oxygen atoms in total. The summed E-state index contributed by atoms with van der Waals surface area (Å²) in [5.41, 5.74) is 2.47. The standard InChI is InChI=1S/C13H20N2O2S/c1-10(14-2)9-15-18(16,17)13-7-6-11-4-3-5-12(11)8-13/h6-8,10,14-15H,3-5,9H2,1-2H3. The number of sulfonamides is 1. The quantitative estimate of drug-likeness (QED) is 0.839. The Balaban J connectivity index is 2.15. The normalized spacial score (nSPS) is 16.6. The lowest BCUT2D eigenvalue weighted by atomic mass is 10.1. The first-order valence-corrected chi connectivity index (χ1v) is 7.80. The van der Waals surface area contributed by atoms with Crippen LogP contribution in [0.1, 0.15) is 24.5 Å². The molecular weight excluding hydrogens is 248 g/mol. The third-order valence-corrected chi connectivity index (χ3v) is 4.87. The number of rotatable bonds is 5. The molecule has 0 aromatic heterocycles. The Labute approximate surface area is 109 Å². The van der Waals surface area contributed by atoms with E-state index in [4.69, 9.17) is 0 Å². The van der Waals surface area contributed by atoms with Gasteiger partial charge in [-0.3, -0.25) is 0 Å². The summed E-state index contributed by atoms with van der Waals surface area (Å²) in [5, 5.41) is 3.00. The van der Waals surface area contributed by atoms with E-state index in [1.807, 2.05) is 26.1 Å². The molecule has 0 spiro atoms. The lowest BCUT2D eigenvalue weighted by molar-refractivity contribution is 0.554. The van der Waals surface area contributed by atoms with Crippen LogP contribution in [-0.4, -0.2) is 28.1 Å². The van der Waals surface area contributed by atoms with Gasteiger partial charge in [-0.05, 0) is 56.5 Å². The molecular formula is C13H20N2O2S. The van der Waals surface area contributed by atoms with Crippen molar-refractivity contribution >= 4 is 10.0 Å². The molecule has 1 aliphatic carbocycles. The van der Waals surface area contributed by atoms with E-state index in [0.717, 1.165) is 19.3 Å². The minimum atomic E-state index is -3.38. The zero-order valence-electron chi connectivity index (χ0n) is 10.9. The fourth-order valence-corrected chi connectivity index (χ4v) is 3.32. The molecule has 0 aliphatic heterocycles. The second-order valence-corrected chi connectivity index (χ2v) is 6.59. The van der Waals surface area contributed by atoms with Crippen molar-refractivity contribution in [3.63, 3.8) is 0 Å². The molecule has 1 aliphatic rings. The SMILES string of the molecule is CNC(C)CNS(=O)(=O)c1ccc2c(c1)CCC2. The van der Waals surface area contributed by atoms with E-state index < -0.39 is 10.0 Å². The van der Waals surface area contributed by atoms with Gasteiger partial charge in [-0.1, -0.05) is 6.07 Å². The monoisotopic (exact) mass is 268 g/mol. The average molecular weight is 268 g/mol. The molecule has 0 saturated heterocycles. The van der Waals surface area contributed by atoms with Crippen LogP contribution in [0.4, 0.5) is 0 Å². The van der Waals surface area contributed by atoms with Crippen LogP contribution >= 0.6 is 0 Å². The number of benzene rings is 1. The number of nitrogens with one attached hydrogen (secondary N) is 2. The topological polar surface area (TPSA) is 58.2 Å². The van der Waals surface area contributed by atoms with Gasteiger partial charge in [0.2, 0.25) is 10.0 Å². The Morgan fingerprint density at radius 3 is 2.72 bits per heavy atom. The van der Waals surface area contributed by atoms with Crippen LogP contribution in [0.25, 0.3) is 0 Å². The highest BCUT2D eigenvalue weighted by Crippen LogP contribution is 2.24. The smallest absolute Gasteiger partial charge is 0.240 e. The van der Waals surface area contributed by atoms with Crippen molar-refractivity contribution in [1.29, 1.82) is 0 Å². The molecule has 0 saturated carbocycles. The molecule has 1 atom stereocenters. The van der Waals surface area contributed by atoms with Crippen molar-refractivity contribution in [2.45, 2.75) is 37.1 Å². The summed E-state index contributed by atoms with van der Waals surface area (Å²) in [7, 11) is -1.56. The van der Waals surface area contributed by atoms with Crippen LogP contribution in [0.3, 0.4) is 0 Å². The van der Waals surface area contributed by atoms with Gasteiger partial charge in [-0.25, -0.2) is 13.1 Å². The third kappa shape index (κ3) is 2.91. The van der Waals surface area contributed by atoms with Crippen molar-refractivity contribution in [3.8, 4) is 0 Å². The van der Waals surface area contributed by atoms with E-state index in [2.05, 4.69) is 10.0 Å². The Morgan fingerprint density at radius 1 is 1.28 bits per heavy atom. The zero-order valence-corrected chi connectivity index (χ0v) is 11.7. The predicted octanol–water partition coefficient (Wildman–Crippen LogP) is 1.06. The first-order chi connectivity index (χ1) is 8.53. The Bertz CT molecular complexity index is 526. The minimum Gasteiger partial charge on any atom is -0.316 e. The maximum Gasteiger partial charge on any atom is 0.240 e. The van der Waals surface area contributed by atoms with Crippen molar-refractivity contribution in [3.05, 3.63) is 29.3 Å². The Kier molecular flexibility index (Phi) is 4.04. The van der Waals surface area contributed by atoms with Gasteiger partial charge in [0.15, 0.2) is 0 Å². The van der Waals surface area contributed by atoms with Gasteiger partial charge in [0.1, 0.15) is 0 Å². The number of aryl methyl sites for hydroxylation is 2. The van der Waals surface area contributed by atoms with Crippen LogP contribution in [0.5, 0.6) is 0 Å². The summed E-state index contributed by atoms with van der Waals surface area (Å²) in [4.78, 5) is 0.381. The van der Waals surface area contributed by atoms with Crippen molar-refractivity contribution < 1.29 is 8.42 Å². The summed E-state index contributed by atoms with van der Waals surface area (Å²) in [6.45, 7) is 2.33. The van der Waals surface area contributed by atoms with Crippen LogP contribution in [0.2, 0.25) is 0 Å². The highest BCUT2D eigenvalue weighted by Gasteiger charge is 2.18. The van der Waals surface area contributed by atoms with Gasteiger partial charge in [-0.2, -0.15) is 0 Å². The third-order valence-electron chi connectivity index (χ3n) is 3.45. The van der Waals surface area contributed by atoms with Gasteiger partial charge in [0, 0.05) is 12.6 Å². The molecule has 2 N–H and O–H groups in total. The van der Waals surface area contributed by atoms with E-state index in [1.54, 1.807) is 6.07 Å². The summed E-state index contributed by atoms with van der Waals surface area (Å²) < 4.78 is 26.9. The van der Waals surface area contributed by atoms with Crippen molar-refractivity contribution in [1.82, 2.24) is 10.0 Å². The van der Waals surface area contributed by atoms with E-state index in [9.17, 15) is 8.42 Å². The van der Waals surface area contributed by atoms with Crippen molar-refractivity contribution in [2.24, 2.45) is 0 Å². The molecule has 0 fully saturated rings. The maximum absolute atomic E-state index is 12.1. The highest BCUT2D eigenvalue weighted by atomic mass is 32.2. The summed E-state index contributed by atoms with van der Waals surface area (Å²) in [5.74, 6) is 0. The van der Waals surface area contributed by atoms with Crippen LogP contribution in [0, 0.1) is 0 Å². The Hall–Kier alpha value is -0.910. The van der Waals surface area contributed by atoms with Gasteiger partial charge in [0.05, 0.1) is 4.90 Å². The summed E-state index contributed by atoms with van der Waals surface area (Å²) in [6, 6.07) is 5.58. The Morgan fingerprint density at radius 2 is 2.00 bits per heavy atom. The van der Waals surface area contributed by atoms with Gasteiger partial charge < -0.3 is 5.32 Å². The molecule has 0 heterocycles. The molecule has 1 unspecified atom stereocenters. The van der Waals surface area contributed by atoms with Gasteiger partial charge in [-0.15, -0.1) is 0 Å². The first-order valence-electron chi connectivity index (χ1n) is 6.31. The van der Waals surface area contributed by atoms with Crippen molar-refractivity contribution in [2.75, 3.05) is 13.6 Å². The lowest BCUT2D eigenvalue weighted by Gasteiger charge is -2.12. The molecule has 5 heteroatoms. The predicted molar refractivity (Wildman–Crippen MR) is 72.2 cm³/mol. The van der Waals surface area contributed by atoms with Gasteiger partial charge in [0.25, 0.3) is 0 Å². The number of hydrogen-bond donors (Lipinski definition) is 2. The number of fused-ring (bicyclic) bond motifs is 1. The van der Waals surface area contributed by atoms with E-state index in [1.165, 1.54) is 11.1 Å². The number of likely N-dealkylation sites (N-methyl/N-ethyl adjacent to an activating group) is 1.